The normalized spacial score (nSPS) is 10.1. The van der Waals surface area contributed by atoms with Gasteiger partial charge in [0.15, 0.2) is 10.2 Å². The smallest absolute Gasteiger partial charge is 0.350 e. The van der Waals surface area contributed by atoms with Gasteiger partial charge in [-0.2, -0.15) is 0 Å². The molecule has 1 aromatic carbocycles. The van der Waals surface area contributed by atoms with E-state index in [9.17, 15) is 19.7 Å². The molecule has 26 heavy (non-hydrogen) atoms. The van der Waals surface area contributed by atoms with E-state index in [2.05, 4.69) is 15.6 Å². The second-order valence-corrected chi connectivity index (χ2v) is 6.24. The number of thiazole rings is 1. The molecule has 0 aliphatic carbocycles. The number of hydrogen-bond donors (Lipinski definition) is 2. The first-order chi connectivity index (χ1) is 12.3. The number of nitrogens with one attached hydrogen (secondary N) is 2. The van der Waals surface area contributed by atoms with Gasteiger partial charge >= 0.3 is 5.97 Å². The number of hydrogen-bond acceptors (Lipinski definition) is 8. The third kappa shape index (κ3) is 4.58. The van der Waals surface area contributed by atoms with Gasteiger partial charge < -0.3 is 10.1 Å². The quantitative estimate of drug-likeness (QED) is 0.343. The topological polar surface area (TPSA) is 123 Å². The van der Waals surface area contributed by atoms with Gasteiger partial charge in [-0.3, -0.25) is 20.2 Å². The Kier molecular flexibility index (Phi) is 6.31. The molecule has 0 radical (unpaired) electrons. The van der Waals surface area contributed by atoms with Crippen LogP contribution in [0, 0.1) is 17.0 Å². The van der Waals surface area contributed by atoms with E-state index in [4.69, 9.17) is 17.0 Å². The van der Waals surface area contributed by atoms with Crippen molar-refractivity contribution in [3.63, 3.8) is 0 Å². The van der Waals surface area contributed by atoms with Crippen LogP contribution in [0.25, 0.3) is 0 Å². The molecule has 0 aliphatic rings. The number of aryl methyl sites for hydroxylation is 1. The maximum atomic E-state index is 12.2. The Labute approximate surface area is 157 Å². The van der Waals surface area contributed by atoms with Crippen LogP contribution in [0.1, 0.15) is 32.6 Å². The molecule has 11 heteroatoms. The Morgan fingerprint density at radius 1 is 1.38 bits per heavy atom. The highest BCUT2D eigenvalue weighted by Crippen LogP contribution is 2.23. The highest BCUT2D eigenvalue weighted by Gasteiger charge is 2.21. The highest BCUT2D eigenvalue weighted by molar-refractivity contribution is 7.80. The molecule has 0 bridgehead atoms. The van der Waals surface area contributed by atoms with Gasteiger partial charge in [0.05, 0.1) is 17.2 Å². The van der Waals surface area contributed by atoms with Crippen LogP contribution in [0.4, 0.5) is 10.8 Å². The fourth-order valence-electron chi connectivity index (χ4n) is 1.96. The van der Waals surface area contributed by atoms with E-state index >= 15 is 0 Å². The SMILES string of the molecule is CCOC(=O)c1sc(NC(=S)NC(=O)c2ccccc2[N+](=O)[O-])nc1C. The Morgan fingerprint density at radius 3 is 2.73 bits per heavy atom. The lowest BCUT2D eigenvalue weighted by molar-refractivity contribution is -0.385. The molecule has 0 saturated carbocycles. The van der Waals surface area contributed by atoms with Gasteiger partial charge in [-0.1, -0.05) is 23.5 Å². The summed E-state index contributed by atoms with van der Waals surface area (Å²) in [5, 5.41) is 16.2. The molecule has 1 amide bonds. The molecule has 0 aliphatic heterocycles. The molecule has 0 unspecified atom stereocenters. The standard InChI is InChI=1S/C15H14N4O5S2/c1-3-24-13(21)11-8(2)16-15(26-11)18-14(25)17-12(20)9-6-4-5-7-10(9)19(22)23/h4-7H,3H2,1-2H3,(H2,16,17,18,20,25). The second-order valence-electron chi connectivity index (χ2n) is 4.84. The summed E-state index contributed by atoms with van der Waals surface area (Å²) in [5.41, 5.74) is 0.00967. The summed E-state index contributed by atoms with van der Waals surface area (Å²) >= 11 is 6.05. The zero-order chi connectivity index (χ0) is 19.3. The number of carbonyl (C=O) groups excluding carboxylic acids is 2. The monoisotopic (exact) mass is 394 g/mol. The van der Waals surface area contributed by atoms with Crippen molar-refractivity contribution in [2.45, 2.75) is 13.8 Å². The van der Waals surface area contributed by atoms with Crippen molar-refractivity contribution in [2.24, 2.45) is 0 Å². The van der Waals surface area contributed by atoms with Crippen molar-refractivity contribution >= 4 is 51.4 Å². The number of benzene rings is 1. The molecule has 1 heterocycles. The lowest BCUT2D eigenvalue weighted by Crippen LogP contribution is -2.34. The van der Waals surface area contributed by atoms with E-state index in [1.807, 2.05) is 0 Å². The average molecular weight is 394 g/mol. The van der Waals surface area contributed by atoms with Gasteiger partial charge in [-0.05, 0) is 32.1 Å². The zero-order valence-corrected chi connectivity index (χ0v) is 15.4. The van der Waals surface area contributed by atoms with Gasteiger partial charge in [0.1, 0.15) is 10.4 Å². The zero-order valence-electron chi connectivity index (χ0n) is 13.8. The van der Waals surface area contributed by atoms with Crippen LogP contribution in [0.2, 0.25) is 0 Å². The van der Waals surface area contributed by atoms with Crippen LogP contribution >= 0.6 is 23.6 Å². The number of para-hydroxylation sites is 1. The summed E-state index contributed by atoms with van der Waals surface area (Å²) in [4.78, 5) is 38.8. The summed E-state index contributed by atoms with van der Waals surface area (Å²) in [7, 11) is 0. The number of nitro groups is 1. The molecule has 0 atom stereocenters. The van der Waals surface area contributed by atoms with Gasteiger partial charge in [0.2, 0.25) is 0 Å². The van der Waals surface area contributed by atoms with Gasteiger partial charge in [0.25, 0.3) is 11.6 Å². The van der Waals surface area contributed by atoms with Crippen molar-refractivity contribution in [3.05, 3.63) is 50.5 Å². The van der Waals surface area contributed by atoms with Crippen LogP contribution in [0.15, 0.2) is 24.3 Å². The number of esters is 1. The third-order valence-corrected chi connectivity index (χ3v) is 4.31. The highest BCUT2D eigenvalue weighted by atomic mass is 32.1. The number of anilines is 1. The fraction of sp³-hybridized carbons (Fsp3) is 0.200. The van der Waals surface area contributed by atoms with Crippen LogP contribution in [-0.2, 0) is 4.74 Å². The molecule has 136 valence electrons. The molecule has 0 fully saturated rings. The van der Waals surface area contributed by atoms with Gasteiger partial charge in [-0.15, -0.1) is 0 Å². The minimum absolute atomic E-state index is 0.0997. The number of amides is 1. The number of rotatable bonds is 5. The summed E-state index contributed by atoms with van der Waals surface area (Å²) in [6.07, 6.45) is 0. The minimum Gasteiger partial charge on any atom is -0.462 e. The number of nitro benzene ring substituents is 1. The molecule has 0 spiro atoms. The minimum atomic E-state index is -0.728. The molecule has 2 aromatic rings. The van der Waals surface area contributed by atoms with Crippen LogP contribution in [0.3, 0.4) is 0 Å². The molecule has 2 rings (SSSR count). The first kappa shape index (κ1) is 19.4. The van der Waals surface area contributed by atoms with E-state index in [1.54, 1.807) is 13.8 Å². The Balaban J connectivity index is 2.08. The first-order valence-electron chi connectivity index (χ1n) is 7.33. The summed E-state index contributed by atoms with van der Waals surface area (Å²) < 4.78 is 4.92. The van der Waals surface area contributed by atoms with Crippen LogP contribution in [0.5, 0.6) is 0 Å². The Morgan fingerprint density at radius 2 is 2.08 bits per heavy atom. The molecular formula is C15H14N4O5S2. The molecule has 2 N–H and O–H groups in total. The van der Waals surface area contributed by atoms with Crippen LogP contribution < -0.4 is 10.6 Å². The molecule has 0 saturated heterocycles. The summed E-state index contributed by atoms with van der Waals surface area (Å²) in [6, 6.07) is 5.51. The third-order valence-electron chi connectivity index (χ3n) is 3.05. The largest absolute Gasteiger partial charge is 0.462 e. The average Bonchev–Trinajstić information content (AvgIpc) is 2.95. The fourth-order valence-corrected chi connectivity index (χ4v) is 3.08. The van der Waals surface area contributed by atoms with Crippen molar-refractivity contribution in [1.29, 1.82) is 0 Å². The first-order valence-corrected chi connectivity index (χ1v) is 8.56. The number of thiocarbonyl (C=S) groups is 1. The van der Waals surface area contributed by atoms with Gasteiger partial charge in [0, 0.05) is 6.07 Å². The maximum Gasteiger partial charge on any atom is 0.350 e. The van der Waals surface area contributed by atoms with E-state index < -0.39 is 16.8 Å². The van der Waals surface area contributed by atoms with Gasteiger partial charge in [-0.25, -0.2) is 9.78 Å². The lowest BCUT2D eigenvalue weighted by atomic mass is 10.1. The van der Waals surface area contributed by atoms with Crippen molar-refractivity contribution in [2.75, 3.05) is 11.9 Å². The molecule has 1 aromatic heterocycles. The van der Waals surface area contributed by atoms with E-state index in [0.717, 1.165) is 11.3 Å². The Hall–Kier alpha value is -2.92. The number of aromatic nitrogens is 1. The lowest BCUT2D eigenvalue weighted by Gasteiger charge is -2.07. The maximum absolute atomic E-state index is 12.2. The summed E-state index contributed by atoms with van der Waals surface area (Å²) in [5.74, 6) is -1.22. The molecular weight excluding hydrogens is 380 g/mol. The predicted molar refractivity (Wildman–Crippen MR) is 99.6 cm³/mol. The number of carbonyl (C=O) groups is 2. The van der Waals surface area contributed by atoms with E-state index in [-0.39, 0.29) is 23.0 Å². The number of ether oxygens (including phenoxy) is 1. The van der Waals surface area contributed by atoms with Crippen molar-refractivity contribution in [3.8, 4) is 0 Å². The van der Waals surface area contributed by atoms with E-state index in [0.29, 0.717) is 15.7 Å². The van der Waals surface area contributed by atoms with Crippen LogP contribution in [-0.4, -0.2) is 33.5 Å². The second kappa shape index (κ2) is 8.45. The Bertz CT molecular complexity index is 881. The predicted octanol–water partition coefficient (Wildman–Crippen LogP) is 2.66. The number of nitrogens with zero attached hydrogens (tertiary/aromatic N) is 2. The van der Waals surface area contributed by atoms with Crippen molar-refractivity contribution in [1.82, 2.24) is 10.3 Å². The van der Waals surface area contributed by atoms with Crippen molar-refractivity contribution < 1.29 is 19.2 Å². The summed E-state index contributed by atoms with van der Waals surface area (Å²) in [6.45, 7) is 3.58. The van der Waals surface area contributed by atoms with E-state index in [1.165, 1.54) is 24.3 Å². The molecule has 9 nitrogen and oxygen atoms in total.